The summed E-state index contributed by atoms with van der Waals surface area (Å²) in [7, 11) is 0. The van der Waals surface area contributed by atoms with Crippen molar-refractivity contribution < 1.29 is 14.7 Å². The standard InChI is InChI=1S/C10H18N2O3/c11-8(10(14)15)5-9(13)12-6-7-3-1-2-4-7/h7-8H,1-6,11H2,(H,12,13)(H,14,15). The molecule has 15 heavy (non-hydrogen) atoms. The Morgan fingerprint density at radius 1 is 1.40 bits per heavy atom. The minimum absolute atomic E-state index is 0.137. The Bertz CT molecular complexity index is 237. The second kappa shape index (κ2) is 5.70. The molecule has 0 aliphatic heterocycles. The number of rotatable bonds is 5. The lowest BCUT2D eigenvalue weighted by Gasteiger charge is -2.11. The molecule has 5 heteroatoms. The van der Waals surface area contributed by atoms with Gasteiger partial charge in [-0.15, -0.1) is 0 Å². The molecule has 1 aliphatic carbocycles. The zero-order valence-electron chi connectivity index (χ0n) is 8.74. The summed E-state index contributed by atoms with van der Waals surface area (Å²) in [5, 5.41) is 11.2. The van der Waals surface area contributed by atoms with E-state index in [1.54, 1.807) is 0 Å². The fourth-order valence-electron chi connectivity index (χ4n) is 1.83. The molecule has 1 unspecified atom stereocenters. The van der Waals surface area contributed by atoms with Crippen molar-refractivity contribution in [1.82, 2.24) is 5.32 Å². The molecular weight excluding hydrogens is 196 g/mol. The predicted octanol–water partition coefficient (Wildman–Crippen LogP) is 0.0948. The highest BCUT2D eigenvalue weighted by Gasteiger charge is 2.18. The molecule has 0 aromatic carbocycles. The number of amides is 1. The third kappa shape index (κ3) is 4.29. The van der Waals surface area contributed by atoms with Gasteiger partial charge in [-0.3, -0.25) is 9.59 Å². The fraction of sp³-hybridized carbons (Fsp3) is 0.800. The van der Waals surface area contributed by atoms with Gasteiger partial charge in [0.25, 0.3) is 0 Å². The maximum atomic E-state index is 11.3. The third-order valence-corrected chi connectivity index (χ3v) is 2.79. The Morgan fingerprint density at radius 2 is 2.00 bits per heavy atom. The van der Waals surface area contributed by atoms with Crippen LogP contribution in [0.25, 0.3) is 0 Å². The first-order valence-electron chi connectivity index (χ1n) is 5.34. The minimum Gasteiger partial charge on any atom is -0.480 e. The molecule has 1 aliphatic rings. The molecule has 0 saturated heterocycles. The van der Waals surface area contributed by atoms with Crippen LogP contribution in [0.1, 0.15) is 32.1 Å². The van der Waals surface area contributed by atoms with Gasteiger partial charge in [0.15, 0.2) is 0 Å². The van der Waals surface area contributed by atoms with Crippen molar-refractivity contribution in [2.45, 2.75) is 38.1 Å². The van der Waals surface area contributed by atoms with Gasteiger partial charge >= 0.3 is 5.97 Å². The first-order valence-corrected chi connectivity index (χ1v) is 5.34. The van der Waals surface area contributed by atoms with Crippen molar-refractivity contribution in [3.63, 3.8) is 0 Å². The zero-order chi connectivity index (χ0) is 11.3. The van der Waals surface area contributed by atoms with E-state index in [2.05, 4.69) is 5.32 Å². The number of carbonyl (C=O) groups is 2. The maximum Gasteiger partial charge on any atom is 0.321 e. The second-order valence-electron chi connectivity index (χ2n) is 4.10. The number of hydrogen-bond acceptors (Lipinski definition) is 3. The van der Waals surface area contributed by atoms with Crippen LogP contribution in [0.3, 0.4) is 0 Å². The van der Waals surface area contributed by atoms with Gasteiger partial charge in [-0.2, -0.15) is 0 Å². The van der Waals surface area contributed by atoms with Crippen molar-refractivity contribution in [2.75, 3.05) is 6.54 Å². The monoisotopic (exact) mass is 214 g/mol. The largest absolute Gasteiger partial charge is 0.480 e. The van der Waals surface area contributed by atoms with Crippen LogP contribution in [0, 0.1) is 5.92 Å². The van der Waals surface area contributed by atoms with E-state index in [-0.39, 0.29) is 12.3 Å². The predicted molar refractivity (Wildman–Crippen MR) is 55.2 cm³/mol. The van der Waals surface area contributed by atoms with Crippen LogP contribution >= 0.6 is 0 Å². The highest BCUT2D eigenvalue weighted by atomic mass is 16.4. The van der Waals surface area contributed by atoms with E-state index in [9.17, 15) is 9.59 Å². The van der Waals surface area contributed by atoms with E-state index in [1.165, 1.54) is 12.8 Å². The Hall–Kier alpha value is -1.10. The SMILES string of the molecule is NC(CC(=O)NCC1CCCC1)C(=O)O. The number of nitrogens with one attached hydrogen (secondary N) is 1. The average Bonchev–Trinajstić information content (AvgIpc) is 2.66. The van der Waals surface area contributed by atoms with Crippen LogP contribution < -0.4 is 11.1 Å². The van der Waals surface area contributed by atoms with Crippen molar-refractivity contribution in [3.05, 3.63) is 0 Å². The van der Waals surface area contributed by atoms with Gasteiger partial charge in [-0.1, -0.05) is 12.8 Å². The lowest BCUT2D eigenvalue weighted by molar-refractivity contribution is -0.140. The van der Waals surface area contributed by atoms with Crippen LogP contribution in [-0.2, 0) is 9.59 Å². The molecule has 0 aromatic heterocycles. The van der Waals surface area contributed by atoms with Crippen LogP contribution in [-0.4, -0.2) is 29.6 Å². The second-order valence-corrected chi connectivity index (χ2v) is 4.10. The fourth-order valence-corrected chi connectivity index (χ4v) is 1.83. The highest BCUT2D eigenvalue weighted by Crippen LogP contribution is 2.23. The molecule has 0 spiro atoms. The van der Waals surface area contributed by atoms with E-state index in [1.807, 2.05) is 0 Å². The number of carbonyl (C=O) groups excluding carboxylic acids is 1. The number of aliphatic carboxylic acids is 1. The van der Waals surface area contributed by atoms with Crippen LogP contribution in [0.2, 0.25) is 0 Å². The Balaban J connectivity index is 2.15. The van der Waals surface area contributed by atoms with Gasteiger partial charge in [-0.05, 0) is 18.8 Å². The van der Waals surface area contributed by atoms with Gasteiger partial charge in [0.2, 0.25) is 5.91 Å². The van der Waals surface area contributed by atoms with Crippen molar-refractivity contribution in [3.8, 4) is 0 Å². The van der Waals surface area contributed by atoms with Gasteiger partial charge in [-0.25, -0.2) is 0 Å². The summed E-state index contributed by atoms with van der Waals surface area (Å²) in [5.41, 5.74) is 5.24. The minimum atomic E-state index is -1.13. The first kappa shape index (κ1) is 12.0. The molecule has 1 atom stereocenters. The molecule has 0 aromatic rings. The molecule has 5 nitrogen and oxygen atoms in total. The van der Waals surface area contributed by atoms with Crippen LogP contribution in [0.5, 0.6) is 0 Å². The van der Waals surface area contributed by atoms with Gasteiger partial charge in [0.05, 0.1) is 6.42 Å². The average molecular weight is 214 g/mol. The van der Waals surface area contributed by atoms with E-state index >= 15 is 0 Å². The molecule has 0 radical (unpaired) electrons. The van der Waals surface area contributed by atoms with Crippen LogP contribution in [0.4, 0.5) is 0 Å². The van der Waals surface area contributed by atoms with Crippen LogP contribution in [0.15, 0.2) is 0 Å². The summed E-state index contributed by atoms with van der Waals surface area (Å²) in [6.07, 6.45) is 4.64. The van der Waals surface area contributed by atoms with Crippen molar-refractivity contribution >= 4 is 11.9 Å². The summed E-state index contributed by atoms with van der Waals surface area (Å²) in [4.78, 5) is 21.7. The maximum absolute atomic E-state index is 11.3. The van der Waals surface area contributed by atoms with E-state index in [0.717, 1.165) is 12.8 Å². The molecule has 4 N–H and O–H groups in total. The van der Waals surface area contributed by atoms with Crippen molar-refractivity contribution in [2.24, 2.45) is 11.7 Å². The van der Waals surface area contributed by atoms with E-state index in [4.69, 9.17) is 10.8 Å². The van der Waals surface area contributed by atoms with Gasteiger partial charge < -0.3 is 16.2 Å². The quantitative estimate of drug-likeness (QED) is 0.605. The molecule has 0 heterocycles. The van der Waals surface area contributed by atoms with Crippen molar-refractivity contribution in [1.29, 1.82) is 0 Å². The molecule has 0 bridgehead atoms. The van der Waals surface area contributed by atoms with Gasteiger partial charge in [0.1, 0.15) is 6.04 Å². The normalized spacial score (nSPS) is 18.7. The number of hydrogen-bond donors (Lipinski definition) is 3. The molecule has 1 fully saturated rings. The third-order valence-electron chi connectivity index (χ3n) is 2.79. The topological polar surface area (TPSA) is 92.4 Å². The van der Waals surface area contributed by atoms with Gasteiger partial charge in [0, 0.05) is 6.54 Å². The molecular formula is C10H18N2O3. The Morgan fingerprint density at radius 3 is 2.53 bits per heavy atom. The molecule has 1 amide bonds. The Labute approximate surface area is 89.0 Å². The summed E-state index contributed by atoms with van der Waals surface area (Å²) < 4.78 is 0. The summed E-state index contributed by atoms with van der Waals surface area (Å²) in [6, 6.07) is -1.09. The molecule has 86 valence electrons. The highest BCUT2D eigenvalue weighted by molar-refractivity contribution is 5.84. The van der Waals surface area contributed by atoms with E-state index in [0.29, 0.717) is 12.5 Å². The molecule has 1 saturated carbocycles. The number of carboxylic acid groups (broad SMARTS) is 1. The first-order chi connectivity index (χ1) is 7.09. The smallest absolute Gasteiger partial charge is 0.321 e. The number of nitrogens with two attached hydrogens (primary N) is 1. The number of carboxylic acids is 1. The van der Waals surface area contributed by atoms with E-state index < -0.39 is 12.0 Å². The lowest BCUT2D eigenvalue weighted by Crippen LogP contribution is -2.38. The molecule has 1 rings (SSSR count). The Kier molecular flexibility index (Phi) is 4.55. The summed E-state index contributed by atoms with van der Waals surface area (Å²) in [6.45, 7) is 0.658. The lowest BCUT2D eigenvalue weighted by atomic mass is 10.1. The zero-order valence-corrected chi connectivity index (χ0v) is 8.74. The summed E-state index contributed by atoms with van der Waals surface area (Å²) >= 11 is 0. The summed E-state index contributed by atoms with van der Waals surface area (Å²) in [5.74, 6) is -0.835.